The van der Waals surface area contributed by atoms with Crippen molar-refractivity contribution in [3.8, 4) is 11.5 Å². The summed E-state index contributed by atoms with van der Waals surface area (Å²) in [6.45, 7) is 1.83. The molecule has 0 aliphatic rings. The Morgan fingerprint density at radius 3 is 2.42 bits per heavy atom. The molecule has 96 valence electrons. The van der Waals surface area contributed by atoms with E-state index < -0.39 is 5.91 Å². The number of rotatable bonds is 4. The molecule has 0 aromatic heterocycles. The van der Waals surface area contributed by atoms with Crippen LogP contribution >= 0.6 is 0 Å². The minimum Gasteiger partial charge on any atom is -0.456 e. The monoisotopic (exact) mass is 255 g/mol. The second-order valence-electron chi connectivity index (χ2n) is 4.10. The second kappa shape index (κ2) is 5.35. The minimum absolute atomic E-state index is 0.333. The molecule has 0 atom stereocenters. The fourth-order valence-electron chi connectivity index (χ4n) is 1.71. The van der Waals surface area contributed by atoms with Gasteiger partial charge in [0.2, 0.25) is 0 Å². The van der Waals surface area contributed by atoms with Gasteiger partial charge >= 0.3 is 0 Å². The van der Waals surface area contributed by atoms with Gasteiger partial charge in [0.15, 0.2) is 0 Å². The maximum atomic E-state index is 11.4. The molecule has 2 N–H and O–H groups in total. The highest BCUT2D eigenvalue weighted by atomic mass is 16.5. The lowest BCUT2D eigenvalue weighted by atomic mass is 10.1. The molecule has 0 heterocycles. The van der Waals surface area contributed by atoms with E-state index in [1.165, 1.54) is 0 Å². The predicted molar refractivity (Wildman–Crippen MR) is 71.6 cm³/mol. The molecule has 0 aliphatic carbocycles. The smallest absolute Gasteiger partial charge is 0.252 e. The van der Waals surface area contributed by atoms with E-state index in [1.807, 2.05) is 13.0 Å². The van der Waals surface area contributed by atoms with Crippen molar-refractivity contribution in [2.75, 3.05) is 0 Å². The highest BCUT2D eigenvalue weighted by Gasteiger charge is 2.12. The largest absolute Gasteiger partial charge is 0.456 e. The maximum Gasteiger partial charge on any atom is 0.252 e. The Bertz CT molecular complexity index is 618. The minimum atomic E-state index is -0.539. The summed E-state index contributed by atoms with van der Waals surface area (Å²) < 4.78 is 5.68. The fraction of sp³-hybridized carbons (Fsp3) is 0.0667. The summed E-state index contributed by atoms with van der Waals surface area (Å²) in [7, 11) is 0. The van der Waals surface area contributed by atoms with E-state index in [0.29, 0.717) is 22.6 Å². The van der Waals surface area contributed by atoms with Crippen molar-refractivity contribution < 1.29 is 14.3 Å². The van der Waals surface area contributed by atoms with Gasteiger partial charge in [-0.05, 0) is 42.8 Å². The standard InChI is InChI=1S/C15H13NO3/c1-10-3-2-4-13(15(16)18)14(10)19-12-7-5-11(9-17)6-8-12/h2-9H,1H3,(H2,16,18). The van der Waals surface area contributed by atoms with Gasteiger partial charge < -0.3 is 10.5 Å². The first-order valence-corrected chi connectivity index (χ1v) is 5.74. The first-order valence-electron chi connectivity index (χ1n) is 5.74. The Kier molecular flexibility index (Phi) is 3.61. The molecular formula is C15H13NO3. The van der Waals surface area contributed by atoms with E-state index in [4.69, 9.17) is 10.5 Å². The van der Waals surface area contributed by atoms with E-state index in [1.54, 1.807) is 36.4 Å². The van der Waals surface area contributed by atoms with Crippen LogP contribution in [-0.4, -0.2) is 12.2 Å². The van der Waals surface area contributed by atoms with Gasteiger partial charge in [-0.3, -0.25) is 9.59 Å². The van der Waals surface area contributed by atoms with Crippen molar-refractivity contribution >= 4 is 12.2 Å². The zero-order valence-corrected chi connectivity index (χ0v) is 10.4. The molecule has 0 aliphatic heterocycles. The topological polar surface area (TPSA) is 69.4 Å². The van der Waals surface area contributed by atoms with Gasteiger partial charge in [-0.25, -0.2) is 0 Å². The van der Waals surface area contributed by atoms with Crippen LogP contribution < -0.4 is 10.5 Å². The average Bonchev–Trinajstić information content (AvgIpc) is 2.41. The van der Waals surface area contributed by atoms with Crippen LogP contribution in [0.1, 0.15) is 26.3 Å². The molecule has 0 bridgehead atoms. The number of primary amides is 1. The third kappa shape index (κ3) is 2.80. The number of ether oxygens (including phenoxy) is 1. The summed E-state index contributed by atoms with van der Waals surface area (Å²) in [6.07, 6.45) is 0.756. The van der Waals surface area contributed by atoms with E-state index in [0.717, 1.165) is 11.8 Å². The first-order chi connectivity index (χ1) is 9.11. The van der Waals surface area contributed by atoms with Gasteiger partial charge in [-0.2, -0.15) is 0 Å². The Labute approximate surface area is 110 Å². The number of amides is 1. The van der Waals surface area contributed by atoms with Crippen molar-refractivity contribution in [2.45, 2.75) is 6.92 Å². The van der Waals surface area contributed by atoms with E-state index in [9.17, 15) is 9.59 Å². The van der Waals surface area contributed by atoms with E-state index in [-0.39, 0.29) is 0 Å². The lowest BCUT2D eigenvalue weighted by Gasteiger charge is -2.12. The number of hydrogen-bond acceptors (Lipinski definition) is 3. The van der Waals surface area contributed by atoms with Crippen LogP contribution in [0.5, 0.6) is 11.5 Å². The van der Waals surface area contributed by atoms with Crippen LogP contribution in [0, 0.1) is 6.92 Å². The molecule has 0 saturated heterocycles. The number of para-hydroxylation sites is 1. The van der Waals surface area contributed by atoms with Crippen LogP contribution in [0.2, 0.25) is 0 Å². The van der Waals surface area contributed by atoms with Gasteiger partial charge in [0, 0.05) is 5.56 Å². The van der Waals surface area contributed by atoms with Crippen molar-refractivity contribution in [1.82, 2.24) is 0 Å². The van der Waals surface area contributed by atoms with Crippen LogP contribution in [0.3, 0.4) is 0 Å². The lowest BCUT2D eigenvalue weighted by Crippen LogP contribution is -2.12. The predicted octanol–water partition coefficient (Wildman–Crippen LogP) is 2.70. The summed E-state index contributed by atoms with van der Waals surface area (Å²) in [6, 6.07) is 11.8. The normalized spacial score (nSPS) is 9.95. The summed E-state index contributed by atoms with van der Waals surface area (Å²) in [5.41, 5.74) is 7.03. The molecule has 0 saturated carbocycles. The molecule has 2 aromatic rings. The highest BCUT2D eigenvalue weighted by Crippen LogP contribution is 2.28. The van der Waals surface area contributed by atoms with Gasteiger partial charge in [0.05, 0.1) is 5.56 Å². The number of nitrogens with two attached hydrogens (primary N) is 1. The molecule has 2 rings (SSSR count). The van der Waals surface area contributed by atoms with Gasteiger partial charge in [-0.1, -0.05) is 12.1 Å². The van der Waals surface area contributed by atoms with E-state index >= 15 is 0 Å². The van der Waals surface area contributed by atoms with Crippen molar-refractivity contribution in [3.63, 3.8) is 0 Å². The summed E-state index contributed by atoms with van der Waals surface area (Å²) in [5, 5.41) is 0. The molecule has 1 amide bonds. The molecule has 0 fully saturated rings. The van der Waals surface area contributed by atoms with Crippen molar-refractivity contribution in [3.05, 3.63) is 59.2 Å². The quantitative estimate of drug-likeness (QED) is 0.854. The maximum absolute atomic E-state index is 11.4. The zero-order chi connectivity index (χ0) is 13.8. The fourth-order valence-corrected chi connectivity index (χ4v) is 1.71. The number of aldehydes is 1. The van der Waals surface area contributed by atoms with Gasteiger partial charge in [0.25, 0.3) is 5.91 Å². The van der Waals surface area contributed by atoms with Crippen molar-refractivity contribution in [2.24, 2.45) is 5.73 Å². The third-order valence-corrected chi connectivity index (χ3v) is 2.71. The number of carbonyl (C=O) groups is 2. The number of hydrogen-bond donors (Lipinski definition) is 1. The molecule has 4 nitrogen and oxygen atoms in total. The van der Waals surface area contributed by atoms with Crippen LogP contribution in [-0.2, 0) is 0 Å². The van der Waals surface area contributed by atoms with Crippen LogP contribution in [0.4, 0.5) is 0 Å². The molecule has 4 heteroatoms. The summed E-state index contributed by atoms with van der Waals surface area (Å²) in [5.74, 6) is 0.444. The first kappa shape index (κ1) is 12.8. The highest BCUT2D eigenvalue weighted by molar-refractivity contribution is 5.96. The Hall–Kier alpha value is -2.62. The Morgan fingerprint density at radius 2 is 1.84 bits per heavy atom. The summed E-state index contributed by atoms with van der Waals surface area (Å²) >= 11 is 0. The van der Waals surface area contributed by atoms with E-state index in [2.05, 4.69) is 0 Å². The molecule has 19 heavy (non-hydrogen) atoms. The molecular weight excluding hydrogens is 242 g/mol. The second-order valence-corrected chi connectivity index (χ2v) is 4.10. The molecule has 0 unspecified atom stereocenters. The lowest BCUT2D eigenvalue weighted by molar-refractivity contribution is 0.0997. The molecule has 2 aromatic carbocycles. The third-order valence-electron chi connectivity index (χ3n) is 2.71. The van der Waals surface area contributed by atoms with Gasteiger partial charge in [0.1, 0.15) is 17.8 Å². The number of benzene rings is 2. The number of aryl methyl sites for hydroxylation is 1. The van der Waals surface area contributed by atoms with Crippen LogP contribution in [0.25, 0.3) is 0 Å². The Balaban J connectivity index is 2.36. The SMILES string of the molecule is Cc1cccc(C(N)=O)c1Oc1ccc(C=O)cc1. The van der Waals surface area contributed by atoms with Gasteiger partial charge in [-0.15, -0.1) is 0 Å². The molecule has 0 radical (unpaired) electrons. The average molecular weight is 255 g/mol. The zero-order valence-electron chi connectivity index (χ0n) is 10.4. The molecule has 0 spiro atoms. The van der Waals surface area contributed by atoms with Crippen LogP contribution in [0.15, 0.2) is 42.5 Å². The number of carbonyl (C=O) groups excluding carboxylic acids is 2. The Morgan fingerprint density at radius 1 is 1.16 bits per heavy atom. The summed E-state index contributed by atoms with van der Waals surface area (Å²) in [4.78, 5) is 21.9. The van der Waals surface area contributed by atoms with Crippen molar-refractivity contribution in [1.29, 1.82) is 0 Å².